The van der Waals surface area contributed by atoms with E-state index in [1.54, 1.807) is 6.26 Å². The summed E-state index contributed by atoms with van der Waals surface area (Å²) in [6.07, 6.45) is 1.58. The average molecular weight is 250 g/mol. The van der Waals surface area contributed by atoms with Crippen LogP contribution in [0.5, 0.6) is 0 Å². The lowest BCUT2D eigenvalue weighted by Gasteiger charge is -2.35. The van der Waals surface area contributed by atoms with Crippen LogP contribution in [0.1, 0.15) is 30.0 Å². The van der Waals surface area contributed by atoms with Crippen LogP contribution < -0.4 is 0 Å². The van der Waals surface area contributed by atoms with E-state index in [2.05, 4.69) is 18.7 Å². The molecule has 0 saturated carbocycles. The molecule has 18 heavy (non-hydrogen) atoms. The smallest absolute Gasteiger partial charge is 0.289 e. The van der Waals surface area contributed by atoms with Gasteiger partial charge >= 0.3 is 0 Å². The maximum absolute atomic E-state index is 12.2. The maximum atomic E-state index is 12.2. The fourth-order valence-corrected chi connectivity index (χ4v) is 2.39. The van der Waals surface area contributed by atoms with Crippen molar-refractivity contribution in [1.82, 2.24) is 9.80 Å². The summed E-state index contributed by atoms with van der Waals surface area (Å²) in [6, 6.07) is 1.84. The molecule has 1 aromatic heterocycles. The van der Waals surface area contributed by atoms with Crippen LogP contribution in [-0.2, 0) is 0 Å². The maximum Gasteiger partial charge on any atom is 0.289 e. The zero-order valence-electron chi connectivity index (χ0n) is 11.5. The summed E-state index contributed by atoms with van der Waals surface area (Å²) >= 11 is 0. The van der Waals surface area contributed by atoms with Crippen LogP contribution in [0.4, 0.5) is 0 Å². The molecule has 0 atom stereocenters. The lowest BCUT2D eigenvalue weighted by Crippen LogP contribution is -2.49. The van der Waals surface area contributed by atoms with Crippen LogP contribution in [0.3, 0.4) is 0 Å². The van der Waals surface area contributed by atoms with Gasteiger partial charge in [-0.3, -0.25) is 9.69 Å². The van der Waals surface area contributed by atoms with Crippen molar-refractivity contribution >= 4 is 5.91 Å². The molecule has 1 aromatic rings. The van der Waals surface area contributed by atoms with Gasteiger partial charge in [-0.2, -0.15) is 0 Å². The Balaban J connectivity index is 1.90. The molecule has 0 N–H and O–H groups in total. The molecule has 2 heterocycles. The topological polar surface area (TPSA) is 36.7 Å². The average Bonchev–Trinajstić information content (AvgIpc) is 2.75. The SMILES string of the molecule is Cc1ccoc1C(=O)N1CCN(CC(C)C)CC1. The first kappa shape index (κ1) is 13.1. The molecule has 1 amide bonds. The highest BCUT2D eigenvalue weighted by Gasteiger charge is 2.24. The molecule has 1 saturated heterocycles. The standard InChI is InChI=1S/C14H22N2O2/c1-11(2)10-15-5-7-16(8-6-15)14(17)13-12(3)4-9-18-13/h4,9,11H,5-8,10H2,1-3H3. The number of aryl methyl sites for hydroxylation is 1. The third-order valence-corrected chi connectivity index (χ3v) is 3.34. The van der Waals surface area contributed by atoms with Crippen molar-refractivity contribution in [3.8, 4) is 0 Å². The first-order chi connectivity index (χ1) is 8.58. The second-order valence-electron chi connectivity index (χ2n) is 5.42. The monoisotopic (exact) mass is 250 g/mol. The Morgan fingerprint density at radius 1 is 1.33 bits per heavy atom. The second kappa shape index (κ2) is 5.57. The number of piperazine rings is 1. The van der Waals surface area contributed by atoms with Gasteiger partial charge in [0.15, 0.2) is 5.76 Å². The van der Waals surface area contributed by atoms with E-state index in [1.807, 2.05) is 17.9 Å². The van der Waals surface area contributed by atoms with Gasteiger partial charge in [-0.05, 0) is 18.9 Å². The Hall–Kier alpha value is -1.29. The summed E-state index contributed by atoms with van der Waals surface area (Å²) < 4.78 is 5.27. The molecule has 100 valence electrons. The summed E-state index contributed by atoms with van der Waals surface area (Å²) in [5.74, 6) is 1.20. The second-order valence-corrected chi connectivity index (χ2v) is 5.42. The highest BCUT2D eigenvalue weighted by molar-refractivity contribution is 5.92. The number of hydrogen-bond donors (Lipinski definition) is 0. The van der Waals surface area contributed by atoms with Crippen LogP contribution in [-0.4, -0.2) is 48.4 Å². The molecule has 0 aliphatic carbocycles. The van der Waals surface area contributed by atoms with E-state index in [4.69, 9.17) is 4.42 Å². The quantitative estimate of drug-likeness (QED) is 0.823. The van der Waals surface area contributed by atoms with Crippen molar-refractivity contribution in [3.63, 3.8) is 0 Å². The number of furan rings is 1. The number of rotatable bonds is 3. The Kier molecular flexibility index (Phi) is 4.07. The number of hydrogen-bond acceptors (Lipinski definition) is 3. The van der Waals surface area contributed by atoms with Gasteiger partial charge in [0.2, 0.25) is 0 Å². The van der Waals surface area contributed by atoms with Crippen LogP contribution >= 0.6 is 0 Å². The minimum Gasteiger partial charge on any atom is -0.459 e. The fraction of sp³-hybridized carbons (Fsp3) is 0.643. The molecule has 1 aliphatic heterocycles. The molecular formula is C14H22N2O2. The molecule has 1 aliphatic rings. The van der Waals surface area contributed by atoms with Gasteiger partial charge in [-0.25, -0.2) is 0 Å². The number of amides is 1. The van der Waals surface area contributed by atoms with Gasteiger partial charge in [0.1, 0.15) is 0 Å². The molecule has 0 unspecified atom stereocenters. The molecule has 0 spiro atoms. The first-order valence-electron chi connectivity index (χ1n) is 6.63. The minimum atomic E-state index is 0.0293. The van der Waals surface area contributed by atoms with E-state index in [-0.39, 0.29) is 5.91 Å². The van der Waals surface area contributed by atoms with Crippen molar-refractivity contribution in [2.45, 2.75) is 20.8 Å². The molecule has 2 rings (SSSR count). The van der Waals surface area contributed by atoms with Gasteiger partial charge in [-0.15, -0.1) is 0 Å². The Bertz CT molecular complexity index is 404. The van der Waals surface area contributed by atoms with Gasteiger partial charge in [0.25, 0.3) is 5.91 Å². The summed E-state index contributed by atoms with van der Waals surface area (Å²) in [5.41, 5.74) is 0.921. The molecule has 0 aromatic carbocycles. The Labute approximate surface area is 109 Å². The van der Waals surface area contributed by atoms with Crippen molar-refractivity contribution in [2.75, 3.05) is 32.7 Å². The van der Waals surface area contributed by atoms with Gasteiger partial charge in [0.05, 0.1) is 6.26 Å². The largest absolute Gasteiger partial charge is 0.459 e. The molecule has 1 fully saturated rings. The highest BCUT2D eigenvalue weighted by Crippen LogP contribution is 2.14. The van der Waals surface area contributed by atoms with Crippen LogP contribution in [0.25, 0.3) is 0 Å². The Morgan fingerprint density at radius 3 is 2.50 bits per heavy atom. The van der Waals surface area contributed by atoms with Gasteiger partial charge < -0.3 is 9.32 Å². The summed E-state index contributed by atoms with van der Waals surface area (Å²) in [6.45, 7) is 11.0. The lowest BCUT2D eigenvalue weighted by atomic mass is 10.2. The fourth-order valence-electron chi connectivity index (χ4n) is 2.39. The molecule has 4 nitrogen and oxygen atoms in total. The van der Waals surface area contributed by atoms with E-state index in [0.29, 0.717) is 11.7 Å². The number of nitrogens with zero attached hydrogens (tertiary/aromatic N) is 2. The Morgan fingerprint density at radius 2 is 2.00 bits per heavy atom. The van der Waals surface area contributed by atoms with E-state index in [9.17, 15) is 4.79 Å². The van der Waals surface area contributed by atoms with Crippen molar-refractivity contribution in [2.24, 2.45) is 5.92 Å². The molecule has 0 bridgehead atoms. The van der Waals surface area contributed by atoms with Crippen LogP contribution in [0.15, 0.2) is 16.7 Å². The van der Waals surface area contributed by atoms with Crippen LogP contribution in [0, 0.1) is 12.8 Å². The summed E-state index contributed by atoms with van der Waals surface area (Å²) in [5, 5.41) is 0. The van der Waals surface area contributed by atoms with E-state index in [0.717, 1.165) is 38.3 Å². The zero-order chi connectivity index (χ0) is 13.1. The zero-order valence-corrected chi connectivity index (χ0v) is 11.5. The molecule has 4 heteroatoms. The normalized spacial score (nSPS) is 17.4. The van der Waals surface area contributed by atoms with Crippen molar-refractivity contribution in [1.29, 1.82) is 0 Å². The molecular weight excluding hydrogens is 228 g/mol. The summed E-state index contributed by atoms with van der Waals surface area (Å²) in [4.78, 5) is 16.5. The minimum absolute atomic E-state index is 0.0293. The van der Waals surface area contributed by atoms with E-state index < -0.39 is 0 Å². The summed E-state index contributed by atoms with van der Waals surface area (Å²) in [7, 11) is 0. The van der Waals surface area contributed by atoms with Crippen molar-refractivity contribution < 1.29 is 9.21 Å². The molecule has 0 radical (unpaired) electrons. The van der Waals surface area contributed by atoms with E-state index >= 15 is 0 Å². The number of carbonyl (C=O) groups excluding carboxylic acids is 1. The first-order valence-corrected chi connectivity index (χ1v) is 6.63. The van der Waals surface area contributed by atoms with Crippen LogP contribution in [0.2, 0.25) is 0 Å². The third kappa shape index (κ3) is 2.93. The highest BCUT2D eigenvalue weighted by atomic mass is 16.3. The van der Waals surface area contributed by atoms with Gasteiger partial charge in [-0.1, -0.05) is 13.8 Å². The lowest BCUT2D eigenvalue weighted by molar-refractivity contribution is 0.0592. The van der Waals surface area contributed by atoms with E-state index in [1.165, 1.54) is 0 Å². The van der Waals surface area contributed by atoms with Crippen molar-refractivity contribution in [3.05, 3.63) is 23.7 Å². The van der Waals surface area contributed by atoms with Gasteiger partial charge in [0, 0.05) is 38.3 Å². The number of carbonyl (C=O) groups is 1. The predicted octanol–water partition coefficient (Wildman–Crippen LogP) is 2.00. The predicted molar refractivity (Wildman–Crippen MR) is 70.6 cm³/mol. The third-order valence-electron chi connectivity index (χ3n) is 3.34.